The molecule has 0 atom stereocenters. The summed E-state index contributed by atoms with van der Waals surface area (Å²) >= 11 is 0. The highest BCUT2D eigenvalue weighted by atomic mass is 19.4. The van der Waals surface area contributed by atoms with E-state index in [1.807, 2.05) is 29.9 Å². The summed E-state index contributed by atoms with van der Waals surface area (Å²) in [7, 11) is 0. The van der Waals surface area contributed by atoms with Crippen LogP contribution in [0.1, 0.15) is 29.8 Å². The first-order valence-corrected chi connectivity index (χ1v) is 12.6. The molecule has 3 aliphatic rings. The summed E-state index contributed by atoms with van der Waals surface area (Å²) in [6, 6.07) is 12.3. The molecule has 0 spiro atoms. The Morgan fingerprint density at radius 3 is 2.50 bits per heavy atom. The topological polar surface area (TPSA) is 71.2 Å². The largest absolute Gasteiger partial charge is 0.573 e. The number of hydrogen-bond donors (Lipinski definition) is 0. The van der Waals surface area contributed by atoms with E-state index in [0.717, 1.165) is 49.3 Å². The molecular formula is C26H28F3N7O2. The van der Waals surface area contributed by atoms with Crippen LogP contribution >= 0.6 is 0 Å². The van der Waals surface area contributed by atoms with Crippen molar-refractivity contribution in [1.29, 1.82) is 0 Å². The van der Waals surface area contributed by atoms with Crippen LogP contribution in [0.2, 0.25) is 0 Å². The van der Waals surface area contributed by atoms with Crippen LogP contribution < -0.4 is 14.6 Å². The van der Waals surface area contributed by atoms with Crippen molar-refractivity contribution in [2.75, 3.05) is 42.8 Å². The highest BCUT2D eigenvalue weighted by Crippen LogP contribution is 2.29. The van der Waals surface area contributed by atoms with Crippen LogP contribution in [0.4, 0.5) is 24.7 Å². The minimum absolute atomic E-state index is 0.127. The fourth-order valence-corrected chi connectivity index (χ4v) is 4.80. The second kappa shape index (κ2) is 9.82. The van der Waals surface area contributed by atoms with Crippen molar-refractivity contribution in [2.24, 2.45) is 5.10 Å². The van der Waals surface area contributed by atoms with Gasteiger partial charge in [0.05, 0.1) is 12.2 Å². The van der Waals surface area contributed by atoms with E-state index in [0.29, 0.717) is 23.8 Å². The maximum Gasteiger partial charge on any atom is 0.573 e. The zero-order valence-corrected chi connectivity index (χ0v) is 20.9. The maximum absolute atomic E-state index is 12.4. The number of anilines is 2. The van der Waals surface area contributed by atoms with Crippen molar-refractivity contribution >= 4 is 17.4 Å². The Morgan fingerprint density at radius 1 is 1.03 bits per heavy atom. The summed E-state index contributed by atoms with van der Waals surface area (Å²) in [5.41, 5.74) is 3.23. The van der Waals surface area contributed by atoms with E-state index >= 15 is 0 Å². The number of rotatable bonds is 7. The molecule has 9 nitrogen and oxygen atoms in total. The van der Waals surface area contributed by atoms with Gasteiger partial charge in [-0.2, -0.15) is 5.10 Å². The Morgan fingerprint density at radius 2 is 1.79 bits per heavy atom. The summed E-state index contributed by atoms with van der Waals surface area (Å²) in [5.74, 6) is 1.06. The van der Waals surface area contributed by atoms with Crippen molar-refractivity contribution in [2.45, 2.75) is 38.7 Å². The third-order valence-corrected chi connectivity index (χ3v) is 6.95. The van der Waals surface area contributed by atoms with Gasteiger partial charge in [-0.25, -0.2) is 9.99 Å². The van der Waals surface area contributed by atoms with E-state index in [1.54, 1.807) is 5.01 Å². The van der Waals surface area contributed by atoms with Gasteiger partial charge in [0, 0.05) is 44.1 Å². The van der Waals surface area contributed by atoms with E-state index < -0.39 is 6.36 Å². The summed E-state index contributed by atoms with van der Waals surface area (Å²) < 4.78 is 48.8. The molecule has 0 N–H and O–H groups in total. The monoisotopic (exact) mass is 527 g/mol. The molecule has 2 fully saturated rings. The fraction of sp³-hybridized carbons (Fsp3) is 0.423. The molecule has 6 rings (SSSR count). The van der Waals surface area contributed by atoms with Gasteiger partial charge in [0.25, 0.3) is 5.90 Å². The average Bonchev–Trinajstić information content (AvgIpc) is 3.52. The molecule has 3 aromatic rings. The number of pyridine rings is 1. The van der Waals surface area contributed by atoms with Gasteiger partial charge < -0.3 is 14.4 Å². The number of aryl methyl sites for hydroxylation is 1. The lowest BCUT2D eigenvalue weighted by atomic mass is 10.2. The number of piperazine rings is 1. The SMILES string of the molecule is Cc1cc(C2=NN(c3ccc(OC(F)(F)F)cc3)CO2)nn1Cc1ccnc(N2CCN(C3CC3)CC2)c1. The summed E-state index contributed by atoms with van der Waals surface area (Å²) in [4.78, 5) is 9.54. The average molecular weight is 528 g/mol. The zero-order chi connectivity index (χ0) is 26.3. The number of ether oxygens (including phenoxy) is 2. The molecule has 0 radical (unpaired) electrons. The Balaban J connectivity index is 1.11. The summed E-state index contributed by atoms with van der Waals surface area (Å²) in [6.45, 7) is 6.84. The molecule has 200 valence electrons. The second-order valence-electron chi connectivity index (χ2n) is 9.72. The molecule has 1 aliphatic carbocycles. The van der Waals surface area contributed by atoms with E-state index in [4.69, 9.17) is 9.84 Å². The molecule has 38 heavy (non-hydrogen) atoms. The van der Waals surface area contributed by atoms with Crippen molar-refractivity contribution in [3.63, 3.8) is 0 Å². The van der Waals surface area contributed by atoms with Gasteiger partial charge in [-0.15, -0.1) is 18.3 Å². The van der Waals surface area contributed by atoms with Crippen LogP contribution in [0, 0.1) is 6.92 Å². The maximum atomic E-state index is 12.4. The van der Waals surface area contributed by atoms with Crippen LogP contribution in [0.15, 0.2) is 53.8 Å². The van der Waals surface area contributed by atoms with Crippen LogP contribution in [0.3, 0.4) is 0 Å². The predicted molar refractivity (Wildman–Crippen MR) is 135 cm³/mol. The van der Waals surface area contributed by atoms with Crippen LogP contribution in [0.25, 0.3) is 0 Å². The highest BCUT2D eigenvalue weighted by molar-refractivity contribution is 5.94. The first kappa shape index (κ1) is 24.5. The van der Waals surface area contributed by atoms with Crippen LogP contribution in [0.5, 0.6) is 5.75 Å². The number of halogens is 3. The normalized spacial score (nSPS) is 18.5. The minimum atomic E-state index is -4.73. The Kier molecular flexibility index (Phi) is 6.34. The second-order valence-corrected chi connectivity index (χ2v) is 9.72. The summed E-state index contributed by atoms with van der Waals surface area (Å²) in [5, 5.41) is 10.7. The Bertz CT molecular complexity index is 1310. The number of nitrogens with zero attached hydrogens (tertiary/aromatic N) is 7. The van der Waals surface area contributed by atoms with Gasteiger partial charge in [0.15, 0.2) is 6.73 Å². The fourth-order valence-electron chi connectivity index (χ4n) is 4.80. The first-order valence-electron chi connectivity index (χ1n) is 12.6. The quantitative estimate of drug-likeness (QED) is 0.461. The van der Waals surface area contributed by atoms with Crippen LogP contribution in [-0.4, -0.2) is 70.9 Å². The molecular weight excluding hydrogens is 499 g/mol. The predicted octanol–water partition coefficient (Wildman–Crippen LogP) is 3.97. The first-order chi connectivity index (χ1) is 18.3. The Labute approximate surface area is 218 Å². The van der Waals surface area contributed by atoms with Gasteiger partial charge >= 0.3 is 6.36 Å². The van der Waals surface area contributed by atoms with E-state index in [-0.39, 0.29) is 12.5 Å². The molecule has 12 heteroatoms. The van der Waals surface area contributed by atoms with Crippen LogP contribution in [-0.2, 0) is 11.3 Å². The molecule has 2 aromatic heterocycles. The molecule has 2 aliphatic heterocycles. The van der Waals surface area contributed by atoms with Crippen molar-refractivity contribution in [3.05, 3.63) is 65.6 Å². The lowest BCUT2D eigenvalue weighted by Crippen LogP contribution is -2.47. The van der Waals surface area contributed by atoms with Crippen molar-refractivity contribution < 1.29 is 22.6 Å². The van der Waals surface area contributed by atoms with Gasteiger partial charge in [0.2, 0.25) is 0 Å². The lowest BCUT2D eigenvalue weighted by Gasteiger charge is -2.35. The van der Waals surface area contributed by atoms with Gasteiger partial charge in [0.1, 0.15) is 17.3 Å². The smallest absolute Gasteiger partial charge is 0.452 e. The van der Waals surface area contributed by atoms with Crippen molar-refractivity contribution in [1.82, 2.24) is 19.7 Å². The Hall–Kier alpha value is -3.80. The number of aromatic nitrogens is 3. The van der Waals surface area contributed by atoms with Gasteiger partial charge in [-0.3, -0.25) is 9.58 Å². The third-order valence-electron chi connectivity index (χ3n) is 6.95. The third kappa shape index (κ3) is 5.54. The number of hydrazone groups is 1. The molecule has 4 heterocycles. The van der Waals surface area contributed by atoms with E-state index in [9.17, 15) is 13.2 Å². The minimum Gasteiger partial charge on any atom is -0.452 e. The molecule has 1 saturated carbocycles. The molecule has 1 saturated heterocycles. The summed E-state index contributed by atoms with van der Waals surface area (Å²) in [6.07, 6.45) is -0.210. The van der Waals surface area contributed by atoms with Gasteiger partial charge in [-0.05, 0) is 67.8 Å². The molecule has 1 aromatic carbocycles. The number of alkyl halides is 3. The standard InChI is InChI=1S/C26H28F3N7O2/c1-18-14-23(25-32-36(17-37-25)21-4-6-22(7-5-21)38-26(27,28)29)31-35(18)16-19-8-9-30-24(15-19)34-12-10-33(11-13-34)20-2-3-20/h4-9,14-15,20H,2-3,10-13,16-17H2,1H3. The van der Waals surface area contributed by atoms with Gasteiger partial charge in [-0.1, -0.05) is 0 Å². The molecule has 0 bridgehead atoms. The zero-order valence-electron chi connectivity index (χ0n) is 20.9. The number of benzene rings is 1. The lowest BCUT2D eigenvalue weighted by molar-refractivity contribution is -0.274. The highest BCUT2D eigenvalue weighted by Gasteiger charge is 2.32. The number of hydrogen-bond acceptors (Lipinski definition) is 8. The van der Waals surface area contributed by atoms with E-state index in [2.05, 4.69) is 30.7 Å². The van der Waals surface area contributed by atoms with Crippen molar-refractivity contribution in [3.8, 4) is 5.75 Å². The molecule has 0 unspecified atom stereocenters. The molecule has 0 amide bonds. The van der Waals surface area contributed by atoms with E-state index in [1.165, 1.54) is 37.1 Å².